The fraction of sp³-hybridized carbons (Fsp3) is 0.111. The normalized spacial score (nSPS) is 15.8. The second-order valence-corrected chi connectivity index (χ2v) is 6.48. The van der Waals surface area contributed by atoms with Crippen LogP contribution in [0.3, 0.4) is 0 Å². The Bertz CT molecular complexity index is 881. The summed E-state index contributed by atoms with van der Waals surface area (Å²) in [4.78, 5) is 26.5. The molecule has 0 unspecified atom stereocenters. The lowest BCUT2D eigenvalue weighted by atomic mass is 10.2. The summed E-state index contributed by atoms with van der Waals surface area (Å²) in [5.41, 5.74) is 1.05. The van der Waals surface area contributed by atoms with Gasteiger partial charge in [0.25, 0.3) is 11.1 Å². The molecule has 1 fully saturated rings. The Morgan fingerprint density at radius 1 is 1.08 bits per heavy atom. The molecule has 3 rings (SSSR count). The van der Waals surface area contributed by atoms with Crippen molar-refractivity contribution in [2.24, 2.45) is 0 Å². The third-order valence-corrected chi connectivity index (χ3v) is 4.83. The van der Waals surface area contributed by atoms with Gasteiger partial charge in [-0.15, -0.1) is 0 Å². The highest BCUT2D eigenvalue weighted by atomic mass is 35.5. The van der Waals surface area contributed by atoms with E-state index < -0.39 is 11.1 Å². The van der Waals surface area contributed by atoms with Crippen molar-refractivity contribution < 1.29 is 19.1 Å². The van der Waals surface area contributed by atoms with Crippen LogP contribution < -0.4 is 14.4 Å². The van der Waals surface area contributed by atoms with Crippen molar-refractivity contribution in [3.8, 4) is 11.5 Å². The number of halogens is 1. The molecule has 128 valence electrons. The quantitative estimate of drug-likeness (QED) is 0.731. The van der Waals surface area contributed by atoms with E-state index in [1.165, 1.54) is 14.2 Å². The number of carbonyl (C=O) groups excluding carboxylic acids is 2. The zero-order valence-corrected chi connectivity index (χ0v) is 15.1. The van der Waals surface area contributed by atoms with Crippen LogP contribution in [0.5, 0.6) is 11.5 Å². The third kappa shape index (κ3) is 3.36. The minimum absolute atomic E-state index is 0.302. The summed E-state index contributed by atoms with van der Waals surface area (Å²) in [7, 11) is 3.00. The minimum Gasteiger partial charge on any atom is -0.497 e. The predicted octanol–water partition coefficient (Wildman–Crippen LogP) is 4.60. The van der Waals surface area contributed by atoms with E-state index in [0.717, 1.165) is 16.7 Å². The first-order valence-corrected chi connectivity index (χ1v) is 8.49. The van der Waals surface area contributed by atoms with Gasteiger partial charge >= 0.3 is 0 Å². The van der Waals surface area contributed by atoms with Crippen LogP contribution in [0.25, 0.3) is 6.08 Å². The van der Waals surface area contributed by atoms with Crippen LogP contribution in [0.4, 0.5) is 10.5 Å². The van der Waals surface area contributed by atoms with Crippen molar-refractivity contribution in [3.63, 3.8) is 0 Å². The van der Waals surface area contributed by atoms with Gasteiger partial charge in [0.2, 0.25) is 0 Å². The lowest BCUT2D eigenvalue weighted by Crippen LogP contribution is -2.28. The molecule has 0 spiro atoms. The zero-order chi connectivity index (χ0) is 18.0. The van der Waals surface area contributed by atoms with Crippen LogP contribution in [-0.4, -0.2) is 25.4 Å². The molecule has 1 aliphatic heterocycles. The van der Waals surface area contributed by atoms with Gasteiger partial charge in [-0.2, -0.15) is 0 Å². The molecule has 2 aromatic rings. The topological polar surface area (TPSA) is 55.8 Å². The van der Waals surface area contributed by atoms with Gasteiger partial charge in [-0.3, -0.25) is 9.59 Å². The molecule has 5 nitrogen and oxygen atoms in total. The second kappa shape index (κ2) is 7.21. The molecule has 0 atom stereocenters. The molecule has 7 heteroatoms. The number of hydrogen-bond acceptors (Lipinski definition) is 5. The lowest BCUT2D eigenvalue weighted by molar-refractivity contribution is -0.113. The van der Waals surface area contributed by atoms with Crippen molar-refractivity contribution in [2.45, 2.75) is 0 Å². The molecule has 0 saturated carbocycles. The Balaban J connectivity index is 1.99. The number of carbonyl (C=O) groups is 2. The largest absolute Gasteiger partial charge is 0.497 e. The molecule has 0 bridgehead atoms. The molecule has 2 aromatic carbocycles. The number of nitrogens with zero attached hydrogens (tertiary/aromatic N) is 1. The molecule has 0 radical (unpaired) electrons. The summed E-state index contributed by atoms with van der Waals surface area (Å²) in [6, 6.07) is 12.0. The Morgan fingerprint density at radius 3 is 2.52 bits per heavy atom. The molecular formula is C18H14ClNO4S. The molecule has 0 N–H and O–H groups in total. The van der Waals surface area contributed by atoms with Gasteiger partial charge < -0.3 is 9.47 Å². The van der Waals surface area contributed by atoms with Crippen LogP contribution >= 0.6 is 23.4 Å². The van der Waals surface area contributed by atoms with Crippen LogP contribution in [-0.2, 0) is 4.79 Å². The number of benzene rings is 2. The first-order chi connectivity index (χ1) is 12.0. The summed E-state index contributed by atoms with van der Waals surface area (Å²) in [5, 5.41) is 0.114. The zero-order valence-electron chi connectivity index (χ0n) is 13.5. The van der Waals surface area contributed by atoms with Gasteiger partial charge in [-0.1, -0.05) is 29.8 Å². The Labute approximate surface area is 154 Å². The molecular weight excluding hydrogens is 362 g/mol. The van der Waals surface area contributed by atoms with Gasteiger partial charge in [0, 0.05) is 11.1 Å². The third-order valence-electron chi connectivity index (χ3n) is 3.61. The van der Waals surface area contributed by atoms with E-state index in [4.69, 9.17) is 21.1 Å². The number of methoxy groups -OCH3 is 2. The number of anilines is 1. The lowest BCUT2D eigenvalue weighted by Gasteiger charge is -2.17. The molecule has 25 heavy (non-hydrogen) atoms. The monoisotopic (exact) mass is 375 g/mol. The number of hydrogen-bond donors (Lipinski definition) is 0. The summed E-state index contributed by atoms with van der Waals surface area (Å²) in [6.45, 7) is 0. The summed E-state index contributed by atoms with van der Waals surface area (Å²) < 4.78 is 10.4. The number of rotatable bonds is 4. The number of amides is 2. The maximum Gasteiger partial charge on any atom is 0.298 e. The number of thioether (sulfide) groups is 1. The van der Waals surface area contributed by atoms with Crippen molar-refractivity contribution in [3.05, 3.63) is 58.0 Å². The van der Waals surface area contributed by atoms with Crippen LogP contribution in [0.15, 0.2) is 47.4 Å². The van der Waals surface area contributed by atoms with E-state index in [0.29, 0.717) is 32.7 Å². The molecule has 1 saturated heterocycles. The number of ether oxygens (including phenoxy) is 2. The average Bonchev–Trinajstić information content (AvgIpc) is 2.90. The van der Waals surface area contributed by atoms with Crippen LogP contribution in [0.2, 0.25) is 5.02 Å². The van der Waals surface area contributed by atoms with Crippen molar-refractivity contribution in [1.29, 1.82) is 0 Å². The van der Waals surface area contributed by atoms with Crippen molar-refractivity contribution in [1.82, 2.24) is 0 Å². The first-order valence-electron chi connectivity index (χ1n) is 7.29. The fourth-order valence-electron chi connectivity index (χ4n) is 2.38. The van der Waals surface area contributed by atoms with Gasteiger partial charge in [-0.05, 0) is 41.6 Å². The van der Waals surface area contributed by atoms with E-state index in [9.17, 15) is 9.59 Å². The maximum absolute atomic E-state index is 12.7. The SMILES string of the molecule is COc1ccc(N2C(=O)S/C(=C\c3ccccc3Cl)C2=O)c(OC)c1. The van der Waals surface area contributed by atoms with Crippen LogP contribution in [0.1, 0.15) is 5.56 Å². The van der Waals surface area contributed by atoms with E-state index in [-0.39, 0.29) is 0 Å². The van der Waals surface area contributed by atoms with Crippen molar-refractivity contribution in [2.75, 3.05) is 19.1 Å². The molecule has 0 aromatic heterocycles. The second-order valence-electron chi connectivity index (χ2n) is 5.08. The highest BCUT2D eigenvalue weighted by molar-refractivity contribution is 8.19. The summed E-state index contributed by atoms with van der Waals surface area (Å²) in [6.07, 6.45) is 1.61. The summed E-state index contributed by atoms with van der Waals surface area (Å²) >= 11 is 6.99. The summed E-state index contributed by atoms with van der Waals surface area (Å²) in [5.74, 6) is 0.526. The van der Waals surface area contributed by atoms with E-state index in [1.54, 1.807) is 42.5 Å². The first kappa shape index (κ1) is 17.4. The standard InChI is InChI=1S/C18H14ClNO4S/c1-23-12-7-8-14(15(10-12)24-2)20-17(21)16(25-18(20)22)9-11-5-3-4-6-13(11)19/h3-10H,1-2H3/b16-9-. The van der Waals surface area contributed by atoms with E-state index in [2.05, 4.69) is 0 Å². The van der Waals surface area contributed by atoms with Gasteiger partial charge in [-0.25, -0.2) is 4.90 Å². The van der Waals surface area contributed by atoms with Gasteiger partial charge in [0.05, 0.1) is 24.8 Å². The van der Waals surface area contributed by atoms with E-state index in [1.807, 2.05) is 6.07 Å². The highest BCUT2D eigenvalue weighted by Crippen LogP contribution is 2.41. The minimum atomic E-state index is -0.418. The highest BCUT2D eigenvalue weighted by Gasteiger charge is 2.38. The Morgan fingerprint density at radius 2 is 1.84 bits per heavy atom. The molecule has 1 heterocycles. The molecule has 0 aliphatic carbocycles. The van der Waals surface area contributed by atoms with Crippen LogP contribution in [0, 0.1) is 0 Å². The molecule has 2 amide bonds. The van der Waals surface area contributed by atoms with Crippen molar-refractivity contribution >= 4 is 46.3 Å². The fourth-order valence-corrected chi connectivity index (χ4v) is 3.39. The smallest absolute Gasteiger partial charge is 0.298 e. The Kier molecular flexibility index (Phi) is 5.01. The predicted molar refractivity (Wildman–Crippen MR) is 99.4 cm³/mol. The molecule has 1 aliphatic rings. The average molecular weight is 376 g/mol. The van der Waals surface area contributed by atoms with Gasteiger partial charge in [0.15, 0.2) is 0 Å². The Hall–Kier alpha value is -2.44. The maximum atomic E-state index is 12.7. The van der Waals surface area contributed by atoms with E-state index >= 15 is 0 Å². The number of imide groups is 1. The van der Waals surface area contributed by atoms with Gasteiger partial charge in [0.1, 0.15) is 11.5 Å².